The molecule has 106 valence electrons. The van der Waals surface area contributed by atoms with E-state index in [-0.39, 0.29) is 5.91 Å². The van der Waals surface area contributed by atoms with Crippen LogP contribution in [0.3, 0.4) is 0 Å². The Balaban J connectivity index is 2.55. The largest absolute Gasteiger partial charge is 0.497 e. The molecule has 0 aliphatic rings. The van der Waals surface area contributed by atoms with Crippen molar-refractivity contribution in [3.8, 4) is 11.5 Å². The van der Waals surface area contributed by atoms with E-state index in [1.165, 1.54) is 0 Å². The van der Waals surface area contributed by atoms with E-state index in [1.54, 1.807) is 32.4 Å². The maximum absolute atomic E-state index is 12.0. The molecule has 1 aromatic rings. The van der Waals surface area contributed by atoms with Crippen LogP contribution in [-0.4, -0.2) is 39.9 Å². The number of ether oxygens (including phenoxy) is 3. The highest BCUT2D eigenvalue weighted by Gasteiger charge is 2.09. The number of rotatable bonds is 8. The Morgan fingerprint density at radius 3 is 2.32 bits per heavy atom. The van der Waals surface area contributed by atoms with Crippen LogP contribution >= 0.6 is 0 Å². The summed E-state index contributed by atoms with van der Waals surface area (Å²) < 4.78 is 15.5. The van der Waals surface area contributed by atoms with Crippen molar-refractivity contribution in [1.29, 1.82) is 0 Å². The van der Waals surface area contributed by atoms with Crippen LogP contribution in [0.25, 0.3) is 0 Å². The van der Waals surface area contributed by atoms with E-state index in [4.69, 9.17) is 14.2 Å². The first-order valence-electron chi connectivity index (χ1n) is 6.30. The average Bonchev–Trinajstić information content (AvgIpc) is 2.46. The van der Waals surface area contributed by atoms with Crippen LogP contribution in [0.15, 0.2) is 18.2 Å². The van der Waals surface area contributed by atoms with Gasteiger partial charge in [0, 0.05) is 31.4 Å². The minimum absolute atomic E-state index is 0.145. The van der Waals surface area contributed by atoms with Gasteiger partial charge in [-0.3, -0.25) is 4.79 Å². The fraction of sp³-hybridized carbons (Fsp3) is 0.500. The fourth-order valence-corrected chi connectivity index (χ4v) is 1.56. The number of carbonyl (C=O) groups is 1. The lowest BCUT2D eigenvalue weighted by atomic mass is 10.2. The molecule has 0 spiro atoms. The van der Waals surface area contributed by atoms with E-state index in [9.17, 15) is 4.79 Å². The zero-order valence-electron chi connectivity index (χ0n) is 11.7. The smallest absolute Gasteiger partial charge is 0.251 e. The number of benzene rings is 1. The Morgan fingerprint density at radius 2 is 1.79 bits per heavy atom. The van der Waals surface area contributed by atoms with Crippen molar-refractivity contribution >= 4 is 5.91 Å². The van der Waals surface area contributed by atoms with Crippen molar-refractivity contribution in [3.63, 3.8) is 0 Å². The van der Waals surface area contributed by atoms with E-state index in [2.05, 4.69) is 5.32 Å². The Kier molecular flexibility index (Phi) is 6.74. The molecule has 19 heavy (non-hydrogen) atoms. The molecule has 5 nitrogen and oxygen atoms in total. The molecule has 0 heterocycles. The molecular weight excluding hydrogens is 246 g/mol. The van der Waals surface area contributed by atoms with Gasteiger partial charge in [-0.2, -0.15) is 0 Å². The van der Waals surface area contributed by atoms with Gasteiger partial charge in [0.15, 0.2) is 0 Å². The van der Waals surface area contributed by atoms with Crippen LogP contribution in [0, 0.1) is 0 Å². The quantitative estimate of drug-likeness (QED) is 0.730. The summed E-state index contributed by atoms with van der Waals surface area (Å²) in [6.45, 7) is 3.87. The van der Waals surface area contributed by atoms with Gasteiger partial charge in [0.2, 0.25) is 0 Å². The Hall–Kier alpha value is -1.75. The Morgan fingerprint density at radius 1 is 1.16 bits per heavy atom. The molecule has 5 heteroatoms. The summed E-state index contributed by atoms with van der Waals surface area (Å²) >= 11 is 0. The second kappa shape index (κ2) is 8.37. The summed E-state index contributed by atoms with van der Waals surface area (Å²) in [7, 11) is 3.11. The molecule has 1 amide bonds. The molecule has 0 aliphatic heterocycles. The van der Waals surface area contributed by atoms with Crippen LogP contribution in [-0.2, 0) is 4.74 Å². The topological polar surface area (TPSA) is 56.8 Å². The summed E-state index contributed by atoms with van der Waals surface area (Å²) in [4.78, 5) is 12.0. The van der Waals surface area contributed by atoms with Gasteiger partial charge >= 0.3 is 0 Å². The second-order valence-electron chi connectivity index (χ2n) is 3.91. The van der Waals surface area contributed by atoms with Crippen LogP contribution in [0.4, 0.5) is 0 Å². The zero-order chi connectivity index (χ0) is 14.1. The predicted octanol–water partition coefficient (Wildman–Crippen LogP) is 1.86. The standard InChI is InChI=1S/C14H21NO4/c1-4-19-7-5-6-15-14(16)11-8-12(17-2)10-13(9-11)18-3/h8-10H,4-7H2,1-3H3,(H,15,16). The molecule has 0 atom stereocenters. The molecule has 1 aromatic carbocycles. The zero-order valence-corrected chi connectivity index (χ0v) is 11.7. The minimum atomic E-state index is -0.145. The average molecular weight is 267 g/mol. The van der Waals surface area contributed by atoms with Crippen molar-refractivity contribution in [1.82, 2.24) is 5.32 Å². The van der Waals surface area contributed by atoms with Crippen molar-refractivity contribution in [2.45, 2.75) is 13.3 Å². The number of methoxy groups -OCH3 is 2. The number of carbonyl (C=O) groups excluding carboxylic acids is 1. The predicted molar refractivity (Wildman–Crippen MR) is 73.0 cm³/mol. The highest BCUT2D eigenvalue weighted by Crippen LogP contribution is 2.22. The summed E-state index contributed by atoms with van der Waals surface area (Å²) in [5.74, 6) is 1.05. The van der Waals surface area contributed by atoms with Crippen molar-refractivity contribution in [3.05, 3.63) is 23.8 Å². The third-order valence-electron chi connectivity index (χ3n) is 2.57. The van der Waals surface area contributed by atoms with Gasteiger partial charge in [-0.15, -0.1) is 0 Å². The maximum atomic E-state index is 12.0. The molecule has 0 aromatic heterocycles. The second-order valence-corrected chi connectivity index (χ2v) is 3.91. The lowest BCUT2D eigenvalue weighted by Crippen LogP contribution is -2.25. The van der Waals surface area contributed by atoms with Gasteiger partial charge in [0.1, 0.15) is 11.5 Å². The molecule has 0 aliphatic carbocycles. The molecule has 0 bridgehead atoms. The number of hydrogen-bond acceptors (Lipinski definition) is 4. The molecule has 0 saturated carbocycles. The third kappa shape index (κ3) is 5.18. The van der Waals surface area contributed by atoms with E-state index < -0.39 is 0 Å². The number of hydrogen-bond donors (Lipinski definition) is 1. The maximum Gasteiger partial charge on any atom is 0.251 e. The van der Waals surface area contributed by atoms with Gasteiger partial charge in [0.25, 0.3) is 5.91 Å². The van der Waals surface area contributed by atoms with Crippen LogP contribution < -0.4 is 14.8 Å². The first kappa shape index (κ1) is 15.3. The lowest BCUT2D eigenvalue weighted by molar-refractivity contribution is 0.0943. The number of nitrogens with one attached hydrogen (secondary N) is 1. The lowest BCUT2D eigenvalue weighted by Gasteiger charge is -2.09. The SMILES string of the molecule is CCOCCCNC(=O)c1cc(OC)cc(OC)c1. The molecule has 1 N–H and O–H groups in total. The van der Waals surface area contributed by atoms with Crippen LogP contribution in [0.1, 0.15) is 23.7 Å². The van der Waals surface area contributed by atoms with E-state index >= 15 is 0 Å². The summed E-state index contributed by atoms with van der Waals surface area (Å²) in [6, 6.07) is 5.09. The monoisotopic (exact) mass is 267 g/mol. The Bertz CT molecular complexity index is 384. The van der Waals surface area contributed by atoms with E-state index in [0.29, 0.717) is 36.8 Å². The number of amides is 1. The van der Waals surface area contributed by atoms with Gasteiger partial charge in [-0.05, 0) is 25.5 Å². The van der Waals surface area contributed by atoms with Gasteiger partial charge in [-0.1, -0.05) is 0 Å². The van der Waals surface area contributed by atoms with Crippen molar-refractivity contribution in [2.24, 2.45) is 0 Å². The van der Waals surface area contributed by atoms with Gasteiger partial charge < -0.3 is 19.5 Å². The molecule has 0 unspecified atom stereocenters. The molecular formula is C14H21NO4. The van der Waals surface area contributed by atoms with Crippen LogP contribution in [0.2, 0.25) is 0 Å². The summed E-state index contributed by atoms with van der Waals surface area (Å²) in [5.41, 5.74) is 0.521. The van der Waals surface area contributed by atoms with E-state index in [1.807, 2.05) is 6.92 Å². The van der Waals surface area contributed by atoms with Gasteiger partial charge in [0.05, 0.1) is 14.2 Å². The first-order valence-corrected chi connectivity index (χ1v) is 6.30. The summed E-state index contributed by atoms with van der Waals surface area (Å²) in [6.07, 6.45) is 0.792. The summed E-state index contributed by atoms with van der Waals surface area (Å²) in [5, 5.41) is 2.83. The molecule has 0 radical (unpaired) electrons. The minimum Gasteiger partial charge on any atom is -0.497 e. The Labute approximate surface area is 113 Å². The van der Waals surface area contributed by atoms with Crippen molar-refractivity contribution in [2.75, 3.05) is 34.0 Å². The van der Waals surface area contributed by atoms with Crippen LogP contribution in [0.5, 0.6) is 11.5 Å². The van der Waals surface area contributed by atoms with E-state index in [0.717, 1.165) is 6.42 Å². The van der Waals surface area contributed by atoms with Gasteiger partial charge in [-0.25, -0.2) is 0 Å². The highest BCUT2D eigenvalue weighted by atomic mass is 16.5. The highest BCUT2D eigenvalue weighted by molar-refractivity contribution is 5.95. The fourth-order valence-electron chi connectivity index (χ4n) is 1.56. The molecule has 1 rings (SSSR count). The first-order chi connectivity index (χ1) is 9.21. The molecule has 0 fully saturated rings. The van der Waals surface area contributed by atoms with Crippen molar-refractivity contribution < 1.29 is 19.0 Å². The normalized spacial score (nSPS) is 10.1. The third-order valence-corrected chi connectivity index (χ3v) is 2.57. The molecule has 0 saturated heterocycles.